The highest BCUT2D eigenvalue weighted by molar-refractivity contribution is 5.75. The van der Waals surface area contributed by atoms with E-state index in [1.54, 1.807) is 4.90 Å². The van der Waals surface area contributed by atoms with E-state index in [9.17, 15) is 4.79 Å². The van der Waals surface area contributed by atoms with Crippen LogP contribution in [0, 0.1) is 5.92 Å². The molecule has 0 spiro atoms. The lowest BCUT2D eigenvalue weighted by molar-refractivity contribution is -0.129. The number of amides is 1. The van der Waals surface area contributed by atoms with Crippen LogP contribution < -0.4 is 5.32 Å². The fourth-order valence-corrected chi connectivity index (χ4v) is 1.80. The predicted molar refractivity (Wildman–Crippen MR) is 53.5 cm³/mol. The molecular weight excluding hydrogens is 164 g/mol. The van der Waals surface area contributed by atoms with Crippen molar-refractivity contribution in [3.8, 4) is 0 Å². The van der Waals surface area contributed by atoms with E-state index in [0.29, 0.717) is 18.4 Å². The maximum atomic E-state index is 11.4. The van der Waals surface area contributed by atoms with E-state index in [2.05, 4.69) is 12.2 Å². The third-order valence-corrected chi connectivity index (χ3v) is 2.78. The molecule has 1 fully saturated rings. The standard InChI is InChI=1S/C10H20N2O/c1-8(7-10(13)12(2)3)9-5-4-6-11-9/h8-9,11H,4-7H2,1-3H3/t8-,9-/m0/s1. The molecule has 1 aliphatic rings. The van der Waals surface area contributed by atoms with E-state index in [-0.39, 0.29) is 5.91 Å². The van der Waals surface area contributed by atoms with Crippen LogP contribution >= 0.6 is 0 Å². The maximum absolute atomic E-state index is 11.4. The summed E-state index contributed by atoms with van der Waals surface area (Å²) < 4.78 is 0. The van der Waals surface area contributed by atoms with Gasteiger partial charge in [0.05, 0.1) is 0 Å². The smallest absolute Gasteiger partial charge is 0.222 e. The van der Waals surface area contributed by atoms with Crippen molar-refractivity contribution in [1.82, 2.24) is 10.2 Å². The van der Waals surface area contributed by atoms with Crippen LogP contribution in [0.15, 0.2) is 0 Å². The SMILES string of the molecule is C[C@@H](CC(=O)N(C)C)[C@@H]1CCCN1. The van der Waals surface area contributed by atoms with Gasteiger partial charge in [0.25, 0.3) is 0 Å². The van der Waals surface area contributed by atoms with Gasteiger partial charge in [0, 0.05) is 26.6 Å². The first-order valence-electron chi connectivity index (χ1n) is 5.05. The van der Waals surface area contributed by atoms with Crippen LogP contribution in [0.3, 0.4) is 0 Å². The molecule has 0 saturated carbocycles. The Bertz CT molecular complexity index is 174. The quantitative estimate of drug-likeness (QED) is 0.705. The Labute approximate surface area is 80.5 Å². The van der Waals surface area contributed by atoms with Gasteiger partial charge in [-0.05, 0) is 25.3 Å². The van der Waals surface area contributed by atoms with Crippen LogP contribution in [0.25, 0.3) is 0 Å². The van der Waals surface area contributed by atoms with E-state index >= 15 is 0 Å². The summed E-state index contributed by atoms with van der Waals surface area (Å²) in [6.07, 6.45) is 3.15. The minimum atomic E-state index is 0.237. The lowest BCUT2D eigenvalue weighted by Gasteiger charge is -2.20. The number of nitrogens with zero attached hydrogens (tertiary/aromatic N) is 1. The van der Waals surface area contributed by atoms with Crippen LogP contribution in [0.5, 0.6) is 0 Å². The summed E-state index contributed by atoms with van der Waals surface area (Å²) in [5.41, 5.74) is 0. The molecule has 0 aliphatic carbocycles. The highest BCUT2D eigenvalue weighted by atomic mass is 16.2. The first-order valence-corrected chi connectivity index (χ1v) is 5.05. The molecule has 1 aliphatic heterocycles. The number of carbonyl (C=O) groups is 1. The molecule has 0 radical (unpaired) electrons. The Morgan fingerprint density at radius 3 is 2.77 bits per heavy atom. The zero-order chi connectivity index (χ0) is 9.84. The first-order chi connectivity index (χ1) is 6.11. The van der Waals surface area contributed by atoms with Gasteiger partial charge in [0.15, 0.2) is 0 Å². The summed E-state index contributed by atoms with van der Waals surface area (Å²) in [5, 5.41) is 3.43. The van der Waals surface area contributed by atoms with Gasteiger partial charge in [0.2, 0.25) is 5.91 Å². The van der Waals surface area contributed by atoms with Crippen molar-refractivity contribution in [3.05, 3.63) is 0 Å². The highest BCUT2D eigenvalue weighted by Gasteiger charge is 2.23. The van der Waals surface area contributed by atoms with Crippen LogP contribution in [0.4, 0.5) is 0 Å². The lowest BCUT2D eigenvalue weighted by Crippen LogP contribution is -2.33. The number of carbonyl (C=O) groups excluding carboxylic acids is 1. The van der Waals surface area contributed by atoms with Crippen LogP contribution in [0.1, 0.15) is 26.2 Å². The minimum Gasteiger partial charge on any atom is -0.349 e. The zero-order valence-electron chi connectivity index (χ0n) is 8.84. The Morgan fingerprint density at radius 2 is 2.31 bits per heavy atom. The second kappa shape index (κ2) is 4.61. The van der Waals surface area contributed by atoms with Crippen molar-refractivity contribution in [3.63, 3.8) is 0 Å². The average Bonchev–Trinajstić information content (AvgIpc) is 2.55. The summed E-state index contributed by atoms with van der Waals surface area (Å²) in [7, 11) is 3.63. The molecule has 3 nitrogen and oxygen atoms in total. The second-order valence-corrected chi connectivity index (χ2v) is 4.17. The summed E-state index contributed by atoms with van der Waals surface area (Å²) in [6.45, 7) is 3.27. The summed E-state index contributed by atoms with van der Waals surface area (Å²) in [5.74, 6) is 0.707. The Morgan fingerprint density at radius 1 is 1.62 bits per heavy atom. The molecule has 2 atom stereocenters. The van der Waals surface area contributed by atoms with Crippen molar-refractivity contribution < 1.29 is 4.79 Å². The number of hydrogen-bond donors (Lipinski definition) is 1. The zero-order valence-corrected chi connectivity index (χ0v) is 8.84. The van der Waals surface area contributed by atoms with Crippen molar-refractivity contribution >= 4 is 5.91 Å². The molecule has 1 saturated heterocycles. The third-order valence-electron chi connectivity index (χ3n) is 2.78. The van der Waals surface area contributed by atoms with Crippen molar-refractivity contribution in [2.24, 2.45) is 5.92 Å². The van der Waals surface area contributed by atoms with Gasteiger partial charge in [0.1, 0.15) is 0 Å². The predicted octanol–water partition coefficient (Wildman–Crippen LogP) is 0.853. The Hall–Kier alpha value is -0.570. The summed E-state index contributed by atoms with van der Waals surface area (Å²) in [6, 6.07) is 0.559. The fraction of sp³-hybridized carbons (Fsp3) is 0.900. The minimum absolute atomic E-state index is 0.237. The van der Waals surface area contributed by atoms with Gasteiger partial charge in [-0.2, -0.15) is 0 Å². The monoisotopic (exact) mass is 184 g/mol. The molecule has 0 aromatic rings. The molecule has 1 amide bonds. The van der Waals surface area contributed by atoms with E-state index in [0.717, 1.165) is 6.54 Å². The molecule has 1 heterocycles. The molecule has 1 rings (SSSR count). The normalized spacial score (nSPS) is 24.4. The molecule has 1 N–H and O–H groups in total. The van der Waals surface area contributed by atoms with Crippen molar-refractivity contribution in [1.29, 1.82) is 0 Å². The van der Waals surface area contributed by atoms with E-state index in [4.69, 9.17) is 0 Å². The van der Waals surface area contributed by atoms with Crippen LogP contribution in [-0.2, 0) is 4.79 Å². The van der Waals surface area contributed by atoms with Crippen molar-refractivity contribution in [2.45, 2.75) is 32.2 Å². The maximum Gasteiger partial charge on any atom is 0.222 e. The lowest BCUT2D eigenvalue weighted by atomic mass is 9.96. The molecule has 0 unspecified atom stereocenters. The van der Waals surface area contributed by atoms with Gasteiger partial charge in [-0.1, -0.05) is 6.92 Å². The first kappa shape index (κ1) is 10.5. The molecule has 13 heavy (non-hydrogen) atoms. The number of hydrogen-bond acceptors (Lipinski definition) is 2. The summed E-state index contributed by atoms with van der Waals surface area (Å²) >= 11 is 0. The number of rotatable bonds is 3. The van der Waals surface area contributed by atoms with Gasteiger partial charge < -0.3 is 10.2 Å². The van der Waals surface area contributed by atoms with Gasteiger partial charge in [-0.3, -0.25) is 4.79 Å². The van der Waals surface area contributed by atoms with E-state index < -0.39 is 0 Å². The topological polar surface area (TPSA) is 32.3 Å². The van der Waals surface area contributed by atoms with Crippen LogP contribution in [-0.4, -0.2) is 37.5 Å². The van der Waals surface area contributed by atoms with Crippen molar-refractivity contribution in [2.75, 3.05) is 20.6 Å². The highest BCUT2D eigenvalue weighted by Crippen LogP contribution is 2.17. The van der Waals surface area contributed by atoms with Gasteiger partial charge >= 0.3 is 0 Å². The van der Waals surface area contributed by atoms with Crippen LogP contribution in [0.2, 0.25) is 0 Å². The Balaban J connectivity index is 2.31. The third kappa shape index (κ3) is 2.99. The molecule has 76 valence electrons. The largest absolute Gasteiger partial charge is 0.349 e. The Kier molecular flexibility index (Phi) is 3.72. The fourth-order valence-electron chi connectivity index (χ4n) is 1.80. The van der Waals surface area contributed by atoms with E-state index in [1.807, 2.05) is 14.1 Å². The molecule has 3 heteroatoms. The molecule has 0 aromatic carbocycles. The molecule has 0 aromatic heterocycles. The number of nitrogens with one attached hydrogen (secondary N) is 1. The van der Waals surface area contributed by atoms with Gasteiger partial charge in [-0.25, -0.2) is 0 Å². The average molecular weight is 184 g/mol. The summed E-state index contributed by atoms with van der Waals surface area (Å²) in [4.78, 5) is 13.1. The van der Waals surface area contributed by atoms with E-state index in [1.165, 1.54) is 12.8 Å². The molecular formula is C10H20N2O. The van der Waals surface area contributed by atoms with Gasteiger partial charge in [-0.15, -0.1) is 0 Å². The second-order valence-electron chi connectivity index (χ2n) is 4.17. The molecule has 0 bridgehead atoms.